The second-order valence-electron chi connectivity index (χ2n) is 7.27. The van der Waals surface area contributed by atoms with Crippen LogP contribution in [0.5, 0.6) is 0 Å². The lowest BCUT2D eigenvalue weighted by atomic mass is 9.96. The highest BCUT2D eigenvalue weighted by Gasteiger charge is 2.27. The lowest BCUT2D eigenvalue weighted by Gasteiger charge is -2.29. The maximum atomic E-state index is 12.4. The molecule has 8 nitrogen and oxygen atoms in total. The summed E-state index contributed by atoms with van der Waals surface area (Å²) < 4.78 is 0. The highest BCUT2D eigenvalue weighted by atomic mass is 16.5. The second-order valence-corrected chi connectivity index (χ2v) is 7.27. The third-order valence-corrected chi connectivity index (χ3v) is 4.68. The summed E-state index contributed by atoms with van der Waals surface area (Å²) in [6, 6.07) is -0.600. The predicted molar refractivity (Wildman–Crippen MR) is 93.3 cm³/mol. The minimum absolute atomic E-state index is 0.00507. The van der Waals surface area contributed by atoms with E-state index in [9.17, 15) is 19.6 Å². The number of hydroxylamine groups is 2. The van der Waals surface area contributed by atoms with Gasteiger partial charge in [0.1, 0.15) is 0 Å². The first-order valence-electron chi connectivity index (χ1n) is 8.93. The molecule has 0 radical (unpaired) electrons. The number of hydrazine groups is 1. The van der Waals surface area contributed by atoms with Crippen LogP contribution < -0.4 is 5.43 Å². The van der Waals surface area contributed by atoms with Crippen molar-refractivity contribution in [1.82, 2.24) is 20.4 Å². The third-order valence-electron chi connectivity index (χ3n) is 4.68. The number of nitrogens with one attached hydrogen (secondary N) is 1. The molecule has 0 aromatic carbocycles. The van der Waals surface area contributed by atoms with Crippen molar-refractivity contribution in [1.29, 1.82) is 0 Å². The minimum atomic E-state index is -0.542. The van der Waals surface area contributed by atoms with Gasteiger partial charge in [-0.3, -0.25) is 25.0 Å². The molecule has 0 heterocycles. The molecule has 1 fully saturated rings. The number of amides is 3. The summed E-state index contributed by atoms with van der Waals surface area (Å²) in [7, 11) is 3.32. The Balaban J connectivity index is 2.63. The van der Waals surface area contributed by atoms with E-state index < -0.39 is 6.04 Å². The quantitative estimate of drug-likeness (QED) is 0.346. The van der Waals surface area contributed by atoms with E-state index in [1.54, 1.807) is 19.1 Å². The van der Waals surface area contributed by atoms with Gasteiger partial charge in [0.25, 0.3) is 0 Å². The van der Waals surface area contributed by atoms with Gasteiger partial charge in [-0.05, 0) is 26.2 Å². The van der Waals surface area contributed by atoms with E-state index in [1.807, 2.05) is 13.8 Å². The molecule has 1 aliphatic rings. The highest BCUT2D eigenvalue weighted by Crippen LogP contribution is 2.30. The summed E-state index contributed by atoms with van der Waals surface area (Å²) in [6.45, 7) is 3.83. The van der Waals surface area contributed by atoms with Gasteiger partial charge in [-0.15, -0.1) is 0 Å². The van der Waals surface area contributed by atoms with Crippen molar-refractivity contribution in [3.63, 3.8) is 0 Å². The van der Waals surface area contributed by atoms with Crippen molar-refractivity contribution in [2.75, 3.05) is 20.6 Å². The van der Waals surface area contributed by atoms with Gasteiger partial charge >= 0.3 is 0 Å². The molecule has 1 saturated carbocycles. The van der Waals surface area contributed by atoms with E-state index in [0.717, 1.165) is 25.7 Å². The highest BCUT2D eigenvalue weighted by molar-refractivity contribution is 5.79. The zero-order valence-corrected chi connectivity index (χ0v) is 15.8. The first kappa shape index (κ1) is 21.4. The van der Waals surface area contributed by atoms with Crippen LogP contribution in [0.1, 0.15) is 52.4 Å². The van der Waals surface area contributed by atoms with Crippen molar-refractivity contribution >= 4 is 18.2 Å². The first-order valence-corrected chi connectivity index (χ1v) is 8.93. The van der Waals surface area contributed by atoms with Crippen molar-refractivity contribution in [3.8, 4) is 0 Å². The molecule has 1 unspecified atom stereocenters. The van der Waals surface area contributed by atoms with Gasteiger partial charge in [0.2, 0.25) is 18.2 Å². The number of carbonyl (C=O) groups excluding carboxylic acids is 3. The summed E-state index contributed by atoms with van der Waals surface area (Å²) in [5, 5.41) is 12.0. The molecule has 1 atom stereocenters. The molecule has 0 aliphatic heterocycles. The zero-order chi connectivity index (χ0) is 19.0. The second kappa shape index (κ2) is 10.4. The van der Waals surface area contributed by atoms with Gasteiger partial charge in [-0.25, -0.2) is 10.1 Å². The molecule has 0 spiro atoms. The fourth-order valence-electron chi connectivity index (χ4n) is 3.06. The van der Waals surface area contributed by atoms with E-state index in [-0.39, 0.29) is 30.8 Å². The molecule has 1 rings (SSSR count). The van der Waals surface area contributed by atoms with E-state index in [1.165, 1.54) is 4.90 Å². The summed E-state index contributed by atoms with van der Waals surface area (Å²) in [6.07, 6.45) is 5.42. The SMILES string of the molecule is CC(C)N(CC(=O)N(C)C)NC(=O)CC(CC1CCCC1)N(O)C=O. The largest absolute Gasteiger partial charge is 0.348 e. The Kier molecular flexibility index (Phi) is 8.85. The summed E-state index contributed by atoms with van der Waals surface area (Å²) in [5.74, 6) is 0.00116. The van der Waals surface area contributed by atoms with Gasteiger partial charge in [0.05, 0.1) is 19.0 Å². The maximum Gasteiger partial charge on any atom is 0.238 e. The normalized spacial score (nSPS) is 16.1. The Labute approximate surface area is 150 Å². The van der Waals surface area contributed by atoms with Crippen LogP contribution in [0.2, 0.25) is 0 Å². The Morgan fingerprint density at radius 3 is 2.32 bits per heavy atom. The van der Waals surface area contributed by atoms with E-state index >= 15 is 0 Å². The molecule has 1 aliphatic carbocycles. The first-order chi connectivity index (χ1) is 11.7. The molecule has 144 valence electrons. The lowest BCUT2D eigenvalue weighted by molar-refractivity contribution is -0.164. The maximum absolute atomic E-state index is 12.4. The van der Waals surface area contributed by atoms with Crippen molar-refractivity contribution < 1.29 is 19.6 Å². The Morgan fingerprint density at radius 1 is 1.24 bits per heavy atom. The molecule has 0 bridgehead atoms. The predicted octanol–water partition coefficient (Wildman–Crippen LogP) is 1.00. The van der Waals surface area contributed by atoms with Crippen LogP contribution in [0.4, 0.5) is 0 Å². The third kappa shape index (κ3) is 7.39. The molecule has 0 aromatic heterocycles. The molecule has 3 amide bonds. The van der Waals surface area contributed by atoms with Crippen LogP contribution in [0.25, 0.3) is 0 Å². The topological polar surface area (TPSA) is 93.2 Å². The van der Waals surface area contributed by atoms with Crippen LogP contribution in [-0.4, -0.2) is 71.1 Å². The lowest BCUT2D eigenvalue weighted by Crippen LogP contribution is -2.51. The van der Waals surface area contributed by atoms with Crippen molar-refractivity contribution in [2.24, 2.45) is 5.92 Å². The number of carbonyl (C=O) groups is 3. The number of nitrogens with zero attached hydrogens (tertiary/aromatic N) is 3. The number of likely N-dealkylation sites (N-methyl/N-ethyl adjacent to an activating group) is 1. The molecule has 25 heavy (non-hydrogen) atoms. The molecule has 8 heteroatoms. The van der Waals surface area contributed by atoms with Gasteiger partial charge in [-0.1, -0.05) is 25.7 Å². The molecule has 0 aromatic rings. The number of hydrogen-bond donors (Lipinski definition) is 2. The number of rotatable bonds is 10. The van der Waals surface area contributed by atoms with Gasteiger partial charge < -0.3 is 4.90 Å². The van der Waals surface area contributed by atoms with Crippen LogP contribution in [0, 0.1) is 5.92 Å². The summed E-state index contributed by atoms with van der Waals surface area (Å²) in [4.78, 5) is 36.7. The Bertz CT molecular complexity index is 450. The average Bonchev–Trinajstić information content (AvgIpc) is 3.05. The molecule has 0 saturated heterocycles. The fraction of sp³-hybridized carbons (Fsp3) is 0.824. The van der Waals surface area contributed by atoms with E-state index in [0.29, 0.717) is 23.8 Å². The van der Waals surface area contributed by atoms with Gasteiger partial charge in [-0.2, -0.15) is 0 Å². The standard InChI is InChI=1S/C17H32N4O4/c1-13(2)20(11-17(24)19(3)4)18-16(23)10-15(21(25)12-22)9-14-7-5-6-8-14/h12-15,25H,5-11H2,1-4H3,(H,18,23). The number of hydrogen-bond acceptors (Lipinski definition) is 5. The molecular formula is C17H32N4O4. The van der Waals surface area contributed by atoms with Crippen LogP contribution in [0.15, 0.2) is 0 Å². The Morgan fingerprint density at radius 2 is 1.84 bits per heavy atom. The summed E-state index contributed by atoms with van der Waals surface area (Å²) >= 11 is 0. The van der Waals surface area contributed by atoms with Crippen molar-refractivity contribution in [2.45, 2.75) is 64.5 Å². The van der Waals surface area contributed by atoms with Crippen molar-refractivity contribution in [3.05, 3.63) is 0 Å². The average molecular weight is 356 g/mol. The molecule has 2 N–H and O–H groups in total. The zero-order valence-electron chi connectivity index (χ0n) is 15.8. The van der Waals surface area contributed by atoms with Gasteiger partial charge in [0.15, 0.2) is 0 Å². The van der Waals surface area contributed by atoms with Gasteiger partial charge in [0, 0.05) is 20.1 Å². The Hall–Kier alpha value is -1.67. The van der Waals surface area contributed by atoms with Crippen LogP contribution >= 0.6 is 0 Å². The summed E-state index contributed by atoms with van der Waals surface area (Å²) in [5.41, 5.74) is 2.73. The van der Waals surface area contributed by atoms with E-state index in [4.69, 9.17) is 0 Å². The smallest absolute Gasteiger partial charge is 0.238 e. The fourth-order valence-corrected chi connectivity index (χ4v) is 3.06. The van der Waals surface area contributed by atoms with Crippen LogP contribution in [-0.2, 0) is 14.4 Å². The van der Waals surface area contributed by atoms with E-state index in [2.05, 4.69) is 5.43 Å². The molecular weight excluding hydrogens is 324 g/mol. The van der Waals surface area contributed by atoms with Crippen LogP contribution in [0.3, 0.4) is 0 Å². The monoisotopic (exact) mass is 356 g/mol. The minimum Gasteiger partial charge on any atom is -0.348 e.